The van der Waals surface area contributed by atoms with Crippen LogP contribution in [0.3, 0.4) is 0 Å². The van der Waals surface area contributed by atoms with Crippen LogP contribution in [-0.2, 0) is 4.74 Å². The van der Waals surface area contributed by atoms with Crippen molar-refractivity contribution < 1.29 is 13.9 Å². The second-order valence-electron chi connectivity index (χ2n) is 3.11. The van der Waals surface area contributed by atoms with Crippen LogP contribution < -0.4 is 4.74 Å². The van der Waals surface area contributed by atoms with Crippen LogP contribution in [0.4, 0.5) is 4.39 Å². The fourth-order valence-electron chi connectivity index (χ4n) is 1.13. The molecular weight excluding hydrogens is 275 g/mol. The van der Waals surface area contributed by atoms with Crippen LogP contribution in [0.25, 0.3) is 6.08 Å². The van der Waals surface area contributed by atoms with E-state index in [1.54, 1.807) is 18.2 Å². The van der Waals surface area contributed by atoms with Gasteiger partial charge in [-0.25, -0.2) is 4.39 Å². The second-order valence-corrected chi connectivity index (χ2v) is 3.91. The van der Waals surface area contributed by atoms with Gasteiger partial charge in [-0.15, -0.1) is 0 Å². The third-order valence-corrected chi connectivity index (χ3v) is 2.35. The van der Waals surface area contributed by atoms with Crippen molar-refractivity contribution in [2.24, 2.45) is 0 Å². The molecule has 0 atom stereocenters. The van der Waals surface area contributed by atoms with Gasteiger partial charge in [-0.3, -0.25) is 0 Å². The van der Waals surface area contributed by atoms with Gasteiger partial charge in [0.15, 0.2) is 6.79 Å². The van der Waals surface area contributed by atoms with Gasteiger partial charge in [0.2, 0.25) is 0 Å². The summed E-state index contributed by atoms with van der Waals surface area (Å²) in [6.07, 6.45) is 4.56. The number of methoxy groups -OCH3 is 1. The van der Waals surface area contributed by atoms with Gasteiger partial charge < -0.3 is 9.47 Å². The first-order valence-electron chi connectivity index (χ1n) is 4.91. The highest BCUT2D eigenvalue weighted by Gasteiger charge is 2.01. The van der Waals surface area contributed by atoms with Crippen LogP contribution in [0.15, 0.2) is 24.3 Å². The summed E-state index contributed by atoms with van der Waals surface area (Å²) in [6, 6.07) is 4.76. The Morgan fingerprint density at radius 3 is 2.88 bits per heavy atom. The Kier molecular flexibility index (Phi) is 6.11. The standard InChI is InChI=1S/C12H14BrFO2/c1-15-9-16-11-6-5-10(12(14)8-11)4-2-3-7-13/h2,4-6,8H,3,7,9H2,1H3. The normalized spacial score (nSPS) is 10.9. The largest absolute Gasteiger partial charge is 0.467 e. The highest BCUT2D eigenvalue weighted by atomic mass is 79.9. The Morgan fingerprint density at radius 2 is 2.25 bits per heavy atom. The van der Waals surface area contributed by atoms with Crippen molar-refractivity contribution in [1.29, 1.82) is 0 Å². The van der Waals surface area contributed by atoms with Crippen molar-refractivity contribution >= 4 is 22.0 Å². The van der Waals surface area contributed by atoms with E-state index in [-0.39, 0.29) is 12.6 Å². The molecule has 0 saturated heterocycles. The number of allylic oxidation sites excluding steroid dienone is 1. The molecule has 0 heterocycles. The van der Waals surface area contributed by atoms with Crippen LogP contribution >= 0.6 is 15.9 Å². The minimum Gasteiger partial charge on any atom is -0.467 e. The molecule has 2 nitrogen and oxygen atoms in total. The molecule has 0 aliphatic heterocycles. The molecule has 0 fully saturated rings. The van der Waals surface area contributed by atoms with Gasteiger partial charge >= 0.3 is 0 Å². The lowest BCUT2D eigenvalue weighted by Gasteiger charge is -2.05. The molecule has 0 aromatic heterocycles. The van der Waals surface area contributed by atoms with Crippen molar-refractivity contribution in [1.82, 2.24) is 0 Å². The Morgan fingerprint density at radius 1 is 1.44 bits per heavy atom. The Bertz CT molecular complexity index is 353. The maximum Gasteiger partial charge on any atom is 0.188 e. The van der Waals surface area contributed by atoms with Gasteiger partial charge in [0.1, 0.15) is 11.6 Å². The summed E-state index contributed by atoms with van der Waals surface area (Å²) in [7, 11) is 1.52. The number of hydrogen-bond acceptors (Lipinski definition) is 2. The summed E-state index contributed by atoms with van der Waals surface area (Å²) < 4.78 is 23.4. The topological polar surface area (TPSA) is 18.5 Å². The zero-order chi connectivity index (χ0) is 11.8. The molecule has 0 saturated carbocycles. The van der Waals surface area contributed by atoms with E-state index in [1.807, 2.05) is 6.08 Å². The fourth-order valence-corrected chi connectivity index (χ4v) is 1.40. The predicted molar refractivity (Wildman–Crippen MR) is 66.3 cm³/mol. The Balaban J connectivity index is 2.67. The smallest absolute Gasteiger partial charge is 0.188 e. The van der Waals surface area contributed by atoms with Gasteiger partial charge in [0, 0.05) is 24.1 Å². The highest BCUT2D eigenvalue weighted by molar-refractivity contribution is 9.09. The maximum absolute atomic E-state index is 13.5. The predicted octanol–water partition coefficient (Wildman–Crippen LogP) is 3.61. The van der Waals surface area contributed by atoms with Crippen molar-refractivity contribution in [2.45, 2.75) is 6.42 Å². The van der Waals surface area contributed by atoms with E-state index in [9.17, 15) is 4.39 Å². The lowest BCUT2D eigenvalue weighted by atomic mass is 10.2. The summed E-state index contributed by atoms with van der Waals surface area (Å²) in [5.74, 6) is 0.177. The molecule has 88 valence electrons. The molecule has 0 aliphatic carbocycles. The number of halogens is 2. The highest BCUT2D eigenvalue weighted by Crippen LogP contribution is 2.18. The van der Waals surface area contributed by atoms with E-state index in [0.29, 0.717) is 11.3 Å². The third kappa shape index (κ3) is 4.33. The van der Waals surface area contributed by atoms with E-state index < -0.39 is 0 Å². The second kappa shape index (κ2) is 7.41. The molecule has 1 rings (SSSR count). The van der Waals surface area contributed by atoms with Crippen LogP contribution in [0.1, 0.15) is 12.0 Å². The van der Waals surface area contributed by atoms with Crippen molar-refractivity contribution in [3.63, 3.8) is 0 Å². The van der Waals surface area contributed by atoms with E-state index in [4.69, 9.17) is 9.47 Å². The molecular formula is C12H14BrFO2. The van der Waals surface area contributed by atoms with Crippen molar-refractivity contribution in [3.8, 4) is 5.75 Å². The first kappa shape index (κ1) is 13.2. The van der Waals surface area contributed by atoms with E-state index in [1.165, 1.54) is 13.2 Å². The maximum atomic E-state index is 13.5. The van der Waals surface area contributed by atoms with E-state index in [0.717, 1.165) is 11.8 Å². The third-order valence-electron chi connectivity index (χ3n) is 1.89. The molecule has 0 bridgehead atoms. The lowest BCUT2D eigenvalue weighted by Crippen LogP contribution is -1.99. The molecule has 1 aromatic rings. The first-order chi connectivity index (χ1) is 7.77. The van der Waals surface area contributed by atoms with Gasteiger partial charge in [-0.1, -0.05) is 28.1 Å². The summed E-state index contributed by atoms with van der Waals surface area (Å²) in [6.45, 7) is 0.123. The molecule has 0 amide bonds. The fraction of sp³-hybridized carbons (Fsp3) is 0.333. The number of rotatable bonds is 6. The van der Waals surface area contributed by atoms with E-state index in [2.05, 4.69) is 15.9 Å². The summed E-state index contributed by atoms with van der Waals surface area (Å²) in [5, 5.41) is 0.875. The molecule has 0 aliphatic rings. The van der Waals surface area contributed by atoms with E-state index >= 15 is 0 Å². The molecule has 16 heavy (non-hydrogen) atoms. The first-order valence-corrected chi connectivity index (χ1v) is 6.04. The number of ether oxygens (including phenoxy) is 2. The number of alkyl halides is 1. The lowest BCUT2D eigenvalue weighted by molar-refractivity contribution is 0.0509. The van der Waals surface area contributed by atoms with Gasteiger partial charge in [0.25, 0.3) is 0 Å². The molecule has 0 N–H and O–H groups in total. The zero-order valence-electron chi connectivity index (χ0n) is 9.08. The molecule has 4 heteroatoms. The molecule has 0 spiro atoms. The Hall–Kier alpha value is -0.870. The van der Waals surface area contributed by atoms with Gasteiger partial charge in [-0.05, 0) is 18.6 Å². The van der Waals surface area contributed by atoms with Crippen LogP contribution in [0, 0.1) is 5.82 Å². The SMILES string of the molecule is COCOc1ccc(C=CCCBr)c(F)c1. The minimum atomic E-state index is -0.292. The van der Waals surface area contributed by atoms with Gasteiger partial charge in [0.05, 0.1) is 0 Å². The number of hydrogen-bond donors (Lipinski definition) is 0. The average molecular weight is 289 g/mol. The zero-order valence-corrected chi connectivity index (χ0v) is 10.7. The quantitative estimate of drug-likeness (QED) is 0.588. The number of benzene rings is 1. The molecule has 0 radical (unpaired) electrons. The van der Waals surface area contributed by atoms with Crippen molar-refractivity contribution in [2.75, 3.05) is 19.2 Å². The summed E-state index contributed by atoms with van der Waals surface area (Å²) in [5.41, 5.74) is 0.561. The summed E-state index contributed by atoms with van der Waals surface area (Å²) in [4.78, 5) is 0. The Labute approximate surface area is 103 Å². The molecule has 0 unspecified atom stereocenters. The van der Waals surface area contributed by atoms with Gasteiger partial charge in [-0.2, -0.15) is 0 Å². The summed E-state index contributed by atoms with van der Waals surface area (Å²) >= 11 is 3.30. The monoisotopic (exact) mass is 288 g/mol. The van der Waals surface area contributed by atoms with Crippen molar-refractivity contribution in [3.05, 3.63) is 35.7 Å². The molecule has 1 aromatic carbocycles. The van der Waals surface area contributed by atoms with Crippen LogP contribution in [-0.4, -0.2) is 19.2 Å². The average Bonchev–Trinajstić information content (AvgIpc) is 2.29. The minimum absolute atomic E-state index is 0.123. The van der Waals surface area contributed by atoms with Crippen LogP contribution in [0.2, 0.25) is 0 Å². The van der Waals surface area contributed by atoms with Crippen LogP contribution in [0.5, 0.6) is 5.75 Å².